The fourth-order valence-electron chi connectivity index (χ4n) is 1.95. The van der Waals surface area contributed by atoms with Crippen LogP contribution in [-0.2, 0) is 14.8 Å². The molecule has 142 valence electrons. The molecule has 10 nitrogen and oxygen atoms in total. The maximum absolute atomic E-state index is 12.2. The topological polar surface area (TPSA) is 151 Å². The lowest BCUT2D eigenvalue weighted by Crippen LogP contribution is -2.18. The molecule has 2 aromatic carbocycles. The summed E-state index contributed by atoms with van der Waals surface area (Å²) in [5.74, 6) is -0.552. The number of halogens is 1. The van der Waals surface area contributed by atoms with Gasteiger partial charge in [0, 0.05) is 30.3 Å². The number of hydrazone groups is 1. The summed E-state index contributed by atoms with van der Waals surface area (Å²) < 4.78 is 24.6. The average Bonchev–Trinajstić information content (AvgIpc) is 2.58. The van der Waals surface area contributed by atoms with Crippen molar-refractivity contribution in [3.05, 3.63) is 55.6 Å². The molecule has 0 radical (unpaired) electrons. The summed E-state index contributed by atoms with van der Waals surface area (Å²) in [4.78, 5) is 23.0. The van der Waals surface area contributed by atoms with Gasteiger partial charge in [-0.1, -0.05) is 0 Å². The molecule has 12 heteroatoms. The van der Waals surface area contributed by atoms with Crippen molar-refractivity contribution in [1.29, 1.82) is 0 Å². The van der Waals surface area contributed by atoms with Crippen LogP contribution in [0.5, 0.6) is 5.75 Å². The van der Waals surface area contributed by atoms with Gasteiger partial charge in [-0.25, -0.2) is 4.83 Å². The van der Waals surface area contributed by atoms with Crippen LogP contribution in [0.15, 0.2) is 46.4 Å². The van der Waals surface area contributed by atoms with Crippen LogP contribution in [0.2, 0.25) is 0 Å². The van der Waals surface area contributed by atoms with Crippen molar-refractivity contribution in [2.24, 2.45) is 5.10 Å². The van der Waals surface area contributed by atoms with E-state index < -0.39 is 14.9 Å². The molecule has 27 heavy (non-hydrogen) atoms. The van der Waals surface area contributed by atoms with Crippen molar-refractivity contribution in [3.63, 3.8) is 0 Å². The third-order valence-corrected chi connectivity index (χ3v) is 5.21. The maximum atomic E-state index is 12.2. The molecule has 0 spiro atoms. The Morgan fingerprint density at radius 2 is 1.93 bits per heavy atom. The monoisotopic (exact) mass is 504 g/mol. The molecule has 0 bridgehead atoms. The summed E-state index contributed by atoms with van der Waals surface area (Å²) in [6.45, 7) is 1.32. The number of aromatic hydroxyl groups is 1. The third kappa shape index (κ3) is 5.37. The Balaban J connectivity index is 2.20. The van der Waals surface area contributed by atoms with Crippen LogP contribution in [0.25, 0.3) is 0 Å². The number of benzene rings is 2. The Bertz CT molecular complexity index is 1020. The van der Waals surface area contributed by atoms with Gasteiger partial charge in [-0.05, 0) is 46.9 Å². The minimum absolute atomic E-state index is 0.0164. The molecule has 1 amide bonds. The highest BCUT2D eigenvalue weighted by Crippen LogP contribution is 2.28. The molecule has 2 rings (SSSR count). The van der Waals surface area contributed by atoms with Crippen molar-refractivity contribution >= 4 is 56.1 Å². The number of anilines is 1. The quantitative estimate of drug-likeness (QED) is 0.238. The van der Waals surface area contributed by atoms with E-state index in [1.165, 1.54) is 37.3 Å². The van der Waals surface area contributed by atoms with E-state index in [1.54, 1.807) is 22.6 Å². The number of rotatable bonds is 6. The van der Waals surface area contributed by atoms with Gasteiger partial charge in [-0.2, -0.15) is 13.5 Å². The highest BCUT2D eigenvalue weighted by molar-refractivity contribution is 14.1. The lowest BCUT2D eigenvalue weighted by atomic mass is 10.2. The Morgan fingerprint density at radius 1 is 1.30 bits per heavy atom. The fraction of sp³-hybridized carbons (Fsp3) is 0.0667. The number of nitrogens with zero attached hydrogens (tertiary/aromatic N) is 2. The highest BCUT2D eigenvalue weighted by Gasteiger charge is 2.15. The van der Waals surface area contributed by atoms with Gasteiger partial charge in [0.05, 0.1) is 19.6 Å². The molecule has 2 aromatic rings. The molecular weight excluding hydrogens is 491 g/mol. The van der Waals surface area contributed by atoms with E-state index in [-0.39, 0.29) is 31.4 Å². The van der Waals surface area contributed by atoms with E-state index in [2.05, 4.69) is 10.4 Å². The van der Waals surface area contributed by atoms with Crippen molar-refractivity contribution in [3.8, 4) is 5.75 Å². The first-order valence-electron chi connectivity index (χ1n) is 7.19. The molecule has 0 atom stereocenters. The van der Waals surface area contributed by atoms with Crippen molar-refractivity contribution < 1.29 is 23.2 Å². The number of carbonyl (C=O) groups is 1. The zero-order chi connectivity index (χ0) is 20.2. The number of sulfonamides is 1. The van der Waals surface area contributed by atoms with E-state index in [9.17, 15) is 28.4 Å². The van der Waals surface area contributed by atoms with E-state index in [4.69, 9.17) is 0 Å². The van der Waals surface area contributed by atoms with Crippen LogP contribution < -0.4 is 10.1 Å². The molecule has 0 saturated heterocycles. The second kappa shape index (κ2) is 8.30. The second-order valence-corrected chi connectivity index (χ2v) is 8.00. The lowest BCUT2D eigenvalue weighted by Gasteiger charge is -2.06. The summed E-state index contributed by atoms with van der Waals surface area (Å²) in [5, 5.41) is 26.8. The number of non-ortho nitro benzene ring substituents is 1. The minimum atomic E-state index is -4.00. The minimum Gasteiger partial charge on any atom is -0.506 e. The zero-order valence-corrected chi connectivity index (χ0v) is 16.7. The van der Waals surface area contributed by atoms with Gasteiger partial charge in [-0.3, -0.25) is 14.9 Å². The van der Waals surface area contributed by atoms with Crippen LogP contribution >= 0.6 is 22.6 Å². The predicted octanol–water partition coefficient (Wildman–Crippen LogP) is 2.18. The first-order valence-corrected chi connectivity index (χ1v) is 9.76. The average molecular weight is 504 g/mol. The van der Waals surface area contributed by atoms with Crippen LogP contribution in [0.3, 0.4) is 0 Å². The first-order chi connectivity index (χ1) is 12.6. The first kappa shape index (κ1) is 20.6. The van der Waals surface area contributed by atoms with Gasteiger partial charge in [0.25, 0.3) is 15.7 Å². The predicted molar refractivity (Wildman–Crippen MR) is 106 cm³/mol. The smallest absolute Gasteiger partial charge is 0.276 e. The van der Waals surface area contributed by atoms with Crippen molar-refractivity contribution in [2.75, 3.05) is 5.32 Å². The van der Waals surface area contributed by atoms with Gasteiger partial charge in [0.1, 0.15) is 5.75 Å². The van der Waals surface area contributed by atoms with E-state index in [1.807, 2.05) is 4.83 Å². The molecule has 0 aromatic heterocycles. The normalized spacial score (nSPS) is 11.3. The van der Waals surface area contributed by atoms with Gasteiger partial charge in [-0.15, -0.1) is 0 Å². The third-order valence-electron chi connectivity index (χ3n) is 3.15. The summed E-state index contributed by atoms with van der Waals surface area (Å²) in [6.07, 6.45) is 0.966. The number of phenols is 1. The maximum Gasteiger partial charge on any atom is 0.276 e. The van der Waals surface area contributed by atoms with Crippen LogP contribution in [0.4, 0.5) is 11.4 Å². The summed E-state index contributed by atoms with van der Waals surface area (Å²) in [5.41, 5.74) is 0.147. The van der Waals surface area contributed by atoms with E-state index in [0.29, 0.717) is 5.69 Å². The number of nitro benzene ring substituents is 1. The van der Waals surface area contributed by atoms with Gasteiger partial charge >= 0.3 is 0 Å². The molecule has 0 aliphatic carbocycles. The molecular formula is C15H13IN4O6S. The number of nitrogens with one attached hydrogen (secondary N) is 2. The number of amides is 1. The molecule has 0 aliphatic heterocycles. The fourth-order valence-corrected chi connectivity index (χ4v) is 3.37. The molecule has 0 unspecified atom stereocenters. The van der Waals surface area contributed by atoms with Crippen molar-refractivity contribution in [2.45, 2.75) is 11.8 Å². The Kier molecular flexibility index (Phi) is 6.32. The van der Waals surface area contributed by atoms with Crippen LogP contribution in [0.1, 0.15) is 12.5 Å². The Hall–Kier alpha value is -2.74. The molecule has 0 fully saturated rings. The lowest BCUT2D eigenvalue weighted by molar-refractivity contribution is -0.385. The standard InChI is InChI=1S/C15H13IN4O6S/c1-9(21)18-11-2-4-13(5-3-11)27(25,26)19-17-8-10-6-12(20(23)24)7-14(16)15(10)22/h2-8,19,22H,1H3,(H,18,21)/b17-8-. The summed E-state index contributed by atoms with van der Waals surface area (Å²) in [7, 11) is -4.00. The number of nitro groups is 1. The molecule has 0 heterocycles. The zero-order valence-electron chi connectivity index (χ0n) is 13.7. The Labute approximate surface area is 167 Å². The number of carbonyl (C=O) groups excluding carboxylic acids is 1. The van der Waals surface area contributed by atoms with Crippen LogP contribution in [-0.4, -0.2) is 30.6 Å². The largest absolute Gasteiger partial charge is 0.506 e. The number of hydrogen-bond acceptors (Lipinski definition) is 7. The number of phenolic OH excluding ortho intramolecular Hbond substituents is 1. The second-order valence-electron chi connectivity index (χ2n) is 5.18. The number of hydrogen-bond donors (Lipinski definition) is 3. The SMILES string of the molecule is CC(=O)Nc1ccc(S(=O)(=O)N/N=C\c2cc([N+](=O)[O-])cc(I)c2O)cc1. The molecule has 0 aliphatic rings. The van der Waals surface area contributed by atoms with Gasteiger partial charge in [0.15, 0.2) is 0 Å². The van der Waals surface area contributed by atoms with E-state index in [0.717, 1.165) is 12.3 Å². The summed E-state index contributed by atoms with van der Waals surface area (Å²) >= 11 is 1.71. The van der Waals surface area contributed by atoms with Gasteiger partial charge < -0.3 is 10.4 Å². The highest BCUT2D eigenvalue weighted by atomic mass is 127. The molecule has 3 N–H and O–H groups in total. The van der Waals surface area contributed by atoms with Crippen molar-refractivity contribution in [1.82, 2.24) is 4.83 Å². The Morgan fingerprint density at radius 3 is 2.48 bits per heavy atom. The summed E-state index contributed by atoms with van der Waals surface area (Å²) in [6, 6.07) is 7.61. The van der Waals surface area contributed by atoms with Crippen LogP contribution in [0, 0.1) is 13.7 Å². The van der Waals surface area contributed by atoms with Gasteiger partial charge in [0.2, 0.25) is 5.91 Å². The van der Waals surface area contributed by atoms with E-state index >= 15 is 0 Å². The molecule has 0 saturated carbocycles.